The van der Waals surface area contributed by atoms with Crippen molar-refractivity contribution in [3.8, 4) is 0 Å². The first-order valence-electron chi connectivity index (χ1n) is 6.08. The van der Waals surface area contributed by atoms with Crippen molar-refractivity contribution in [3.63, 3.8) is 0 Å². The third kappa shape index (κ3) is 4.58. The molecular formula is C8H12F6N2O7S3. The number of carbonyl (C=O) groups is 1. The van der Waals surface area contributed by atoms with Gasteiger partial charge in [0.25, 0.3) is 10.0 Å². The van der Waals surface area contributed by atoms with E-state index in [4.69, 9.17) is 0 Å². The summed E-state index contributed by atoms with van der Waals surface area (Å²) in [4.78, 5) is 11.0. The minimum Gasteiger partial charge on any atom is -0.274 e. The Hall–Kier alpha value is -1.14. The van der Waals surface area contributed by atoms with E-state index < -0.39 is 58.8 Å². The topological polar surface area (TPSA) is 144 Å². The van der Waals surface area contributed by atoms with E-state index in [1.54, 1.807) is 0 Å². The van der Waals surface area contributed by atoms with Gasteiger partial charge in [0.1, 0.15) is 0 Å². The normalized spacial score (nSPS) is 14.9. The van der Waals surface area contributed by atoms with Crippen molar-refractivity contribution < 1.29 is 56.4 Å². The van der Waals surface area contributed by atoms with Gasteiger partial charge in [0.2, 0.25) is 15.9 Å². The molecular weight excluding hydrogens is 446 g/mol. The lowest BCUT2D eigenvalue weighted by molar-refractivity contribution is -0.244. The molecule has 0 aromatic carbocycles. The van der Waals surface area contributed by atoms with Crippen LogP contribution in [0.1, 0.15) is 19.8 Å². The Balaban J connectivity index is 6.23. The zero-order chi connectivity index (χ0) is 21.4. The van der Waals surface area contributed by atoms with Gasteiger partial charge in [-0.3, -0.25) is 4.79 Å². The van der Waals surface area contributed by atoms with Crippen molar-refractivity contribution in [1.29, 1.82) is 0 Å². The molecule has 0 aliphatic heterocycles. The zero-order valence-electron chi connectivity index (χ0n) is 12.8. The number of rotatable bonds is 9. The standard InChI is InChI=1S/C8H12F6N2O7S3/c1-3-4-5(17)15-25(20,21)7(11,12)6(9,10)8(13,14)26(22,23)16-24(2,18)19/h16H,3-4H2,1-2H3,(H,15,17). The molecule has 0 saturated carbocycles. The van der Waals surface area contributed by atoms with Gasteiger partial charge in [-0.15, -0.1) is 4.13 Å². The van der Waals surface area contributed by atoms with Crippen molar-refractivity contribution in [1.82, 2.24) is 8.85 Å². The highest BCUT2D eigenvalue weighted by Crippen LogP contribution is 2.50. The van der Waals surface area contributed by atoms with Crippen LogP contribution in [0.25, 0.3) is 0 Å². The Morgan fingerprint density at radius 1 is 0.846 bits per heavy atom. The quantitative estimate of drug-likeness (QED) is 0.461. The maximum atomic E-state index is 13.6. The minimum atomic E-state index is -7.17. The Bertz CT molecular complexity index is 866. The Labute approximate surface area is 144 Å². The monoisotopic (exact) mass is 458 g/mol. The molecule has 18 heteroatoms. The van der Waals surface area contributed by atoms with Crippen molar-refractivity contribution in [2.24, 2.45) is 0 Å². The highest BCUT2D eigenvalue weighted by molar-refractivity contribution is 8.05. The molecule has 0 aromatic rings. The highest BCUT2D eigenvalue weighted by Gasteiger charge is 2.82. The summed E-state index contributed by atoms with van der Waals surface area (Å²) in [6, 6.07) is 0. The number of carbonyl (C=O) groups excluding carboxylic acids is 1. The van der Waals surface area contributed by atoms with Gasteiger partial charge in [0.15, 0.2) is 0 Å². The summed E-state index contributed by atoms with van der Waals surface area (Å²) in [5.74, 6) is -8.92. The summed E-state index contributed by atoms with van der Waals surface area (Å²) in [6.45, 7) is 1.26. The first kappa shape index (κ1) is 24.9. The lowest BCUT2D eigenvalue weighted by atomic mass is 10.3. The molecule has 0 spiro atoms. The van der Waals surface area contributed by atoms with E-state index in [2.05, 4.69) is 0 Å². The molecule has 0 aliphatic carbocycles. The largest absolute Gasteiger partial charge is 0.433 e. The van der Waals surface area contributed by atoms with Gasteiger partial charge in [-0.05, 0) is 6.42 Å². The lowest BCUT2D eigenvalue weighted by Gasteiger charge is -2.31. The van der Waals surface area contributed by atoms with Crippen molar-refractivity contribution in [3.05, 3.63) is 0 Å². The van der Waals surface area contributed by atoms with Gasteiger partial charge in [-0.2, -0.15) is 34.8 Å². The summed E-state index contributed by atoms with van der Waals surface area (Å²) in [5.41, 5.74) is 0. The second kappa shape index (κ2) is 7.12. The fourth-order valence-electron chi connectivity index (χ4n) is 1.25. The number of nitrogens with one attached hydrogen (secondary N) is 2. The fourth-order valence-corrected chi connectivity index (χ4v) is 4.79. The predicted octanol–water partition coefficient (Wildman–Crippen LogP) is -0.0676. The van der Waals surface area contributed by atoms with Crippen molar-refractivity contribution in [2.75, 3.05) is 6.26 Å². The summed E-state index contributed by atoms with van der Waals surface area (Å²) < 4.78 is 148. The molecule has 0 unspecified atom stereocenters. The van der Waals surface area contributed by atoms with E-state index in [9.17, 15) is 56.4 Å². The van der Waals surface area contributed by atoms with Crippen molar-refractivity contribution >= 4 is 36.0 Å². The second-order valence-corrected chi connectivity index (χ2v) is 10.2. The molecule has 9 nitrogen and oxygen atoms in total. The molecule has 0 heterocycles. The number of alkyl halides is 6. The minimum absolute atomic E-state index is 0.0254. The Kier molecular flexibility index (Phi) is 6.80. The van der Waals surface area contributed by atoms with Crippen molar-refractivity contribution in [2.45, 2.75) is 36.2 Å². The van der Waals surface area contributed by atoms with E-state index in [0.29, 0.717) is 4.72 Å². The summed E-state index contributed by atoms with van der Waals surface area (Å²) in [6.07, 6.45) is -0.962. The first-order chi connectivity index (χ1) is 11.2. The Morgan fingerprint density at radius 3 is 1.58 bits per heavy atom. The molecule has 0 aromatic heterocycles. The molecule has 0 bridgehead atoms. The van der Waals surface area contributed by atoms with Crippen LogP contribution in [-0.4, -0.2) is 53.8 Å². The van der Waals surface area contributed by atoms with Crippen LogP contribution in [0.5, 0.6) is 0 Å². The van der Waals surface area contributed by atoms with E-state index in [1.165, 1.54) is 6.92 Å². The van der Waals surface area contributed by atoms with Gasteiger partial charge in [-0.1, -0.05) is 6.92 Å². The van der Waals surface area contributed by atoms with Gasteiger partial charge in [0.05, 0.1) is 6.26 Å². The molecule has 0 atom stereocenters. The molecule has 0 aliphatic rings. The first-order valence-corrected chi connectivity index (χ1v) is 10.9. The summed E-state index contributed by atoms with van der Waals surface area (Å²) in [5, 5.41) is -13.7. The van der Waals surface area contributed by atoms with Gasteiger partial charge in [0, 0.05) is 6.42 Å². The summed E-state index contributed by atoms with van der Waals surface area (Å²) >= 11 is 0. The second-order valence-electron chi connectivity index (χ2n) is 4.75. The molecule has 0 saturated heterocycles. The molecule has 2 N–H and O–H groups in total. The van der Waals surface area contributed by atoms with Crippen LogP contribution in [-0.2, 0) is 34.9 Å². The average Bonchev–Trinajstić information content (AvgIpc) is 2.34. The van der Waals surface area contributed by atoms with E-state index in [-0.39, 0.29) is 16.8 Å². The van der Waals surface area contributed by atoms with Gasteiger partial charge < -0.3 is 0 Å². The maximum Gasteiger partial charge on any atom is 0.433 e. The number of hydrogen-bond donors (Lipinski definition) is 2. The van der Waals surface area contributed by atoms with Crippen LogP contribution < -0.4 is 8.85 Å². The van der Waals surface area contributed by atoms with Crippen LogP contribution in [0.15, 0.2) is 0 Å². The van der Waals surface area contributed by atoms with Crippen LogP contribution >= 0.6 is 0 Å². The van der Waals surface area contributed by atoms with Gasteiger partial charge in [-0.25, -0.2) is 21.6 Å². The van der Waals surface area contributed by atoms with E-state index in [1.807, 2.05) is 0 Å². The molecule has 156 valence electrons. The molecule has 1 amide bonds. The van der Waals surface area contributed by atoms with E-state index >= 15 is 0 Å². The molecule has 0 radical (unpaired) electrons. The van der Waals surface area contributed by atoms with Gasteiger partial charge >= 0.3 is 26.5 Å². The SMILES string of the molecule is CCCC(=O)NS(=O)(=O)C(F)(F)C(F)(F)C(F)(F)S(=O)(=O)NS(C)(=O)=O. The number of hydrogen-bond acceptors (Lipinski definition) is 7. The number of halogens is 6. The van der Waals surface area contributed by atoms with E-state index in [0.717, 1.165) is 0 Å². The smallest absolute Gasteiger partial charge is 0.274 e. The highest BCUT2D eigenvalue weighted by atomic mass is 32.3. The van der Waals surface area contributed by atoms with Crippen LogP contribution in [0.4, 0.5) is 26.3 Å². The number of sulfonamides is 3. The fraction of sp³-hybridized carbons (Fsp3) is 0.875. The lowest BCUT2D eigenvalue weighted by Crippen LogP contribution is -2.65. The van der Waals surface area contributed by atoms with Crippen LogP contribution in [0.3, 0.4) is 0 Å². The average molecular weight is 458 g/mol. The third-order valence-electron chi connectivity index (χ3n) is 2.39. The third-order valence-corrected chi connectivity index (χ3v) is 6.84. The molecule has 26 heavy (non-hydrogen) atoms. The Morgan fingerprint density at radius 2 is 1.23 bits per heavy atom. The summed E-state index contributed by atoms with van der Waals surface area (Å²) in [7, 11) is -19.0. The number of amides is 1. The molecule has 0 rings (SSSR count). The maximum absolute atomic E-state index is 13.6. The van der Waals surface area contributed by atoms with Crippen LogP contribution in [0, 0.1) is 0 Å². The predicted molar refractivity (Wildman–Crippen MR) is 73.7 cm³/mol. The van der Waals surface area contributed by atoms with Crippen LogP contribution in [0.2, 0.25) is 0 Å². The zero-order valence-corrected chi connectivity index (χ0v) is 15.2. The molecule has 0 fully saturated rings.